The molecule has 1 atom stereocenters. The van der Waals surface area contributed by atoms with Crippen LogP contribution >= 0.6 is 0 Å². The third kappa shape index (κ3) is 2.83. The van der Waals surface area contributed by atoms with Crippen LogP contribution in [0.15, 0.2) is 42.5 Å². The van der Waals surface area contributed by atoms with Gasteiger partial charge >= 0.3 is 0 Å². The molecule has 108 valence electrons. The zero-order chi connectivity index (χ0) is 14.8. The maximum atomic E-state index is 12.2. The fraction of sp³-hybridized carbons (Fsp3) is 0.188. The zero-order valence-electron chi connectivity index (χ0n) is 11.5. The zero-order valence-corrected chi connectivity index (χ0v) is 11.5. The predicted octanol–water partition coefficient (Wildman–Crippen LogP) is 2.72. The highest BCUT2D eigenvalue weighted by Crippen LogP contribution is 2.32. The van der Waals surface area contributed by atoms with E-state index in [1.54, 1.807) is 49.4 Å². The van der Waals surface area contributed by atoms with Gasteiger partial charge in [0.05, 0.1) is 6.10 Å². The second-order valence-electron chi connectivity index (χ2n) is 4.82. The van der Waals surface area contributed by atoms with Crippen LogP contribution in [0.5, 0.6) is 11.5 Å². The number of benzene rings is 2. The van der Waals surface area contributed by atoms with Crippen LogP contribution in [0.25, 0.3) is 0 Å². The first-order valence-corrected chi connectivity index (χ1v) is 6.62. The Bertz CT molecular complexity index is 664. The number of fused-ring (bicyclic) bond motifs is 1. The number of hydrogen-bond donors (Lipinski definition) is 2. The Labute approximate surface area is 122 Å². The highest BCUT2D eigenvalue weighted by atomic mass is 16.7. The molecule has 5 nitrogen and oxygen atoms in total. The van der Waals surface area contributed by atoms with Gasteiger partial charge < -0.3 is 19.9 Å². The Morgan fingerprint density at radius 2 is 1.86 bits per heavy atom. The highest BCUT2D eigenvalue weighted by Gasteiger charge is 2.16. The molecule has 1 heterocycles. The van der Waals surface area contributed by atoms with E-state index in [2.05, 4.69) is 5.32 Å². The summed E-state index contributed by atoms with van der Waals surface area (Å²) in [4.78, 5) is 12.2. The van der Waals surface area contributed by atoms with E-state index in [1.807, 2.05) is 0 Å². The van der Waals surface area contributed by atoms with E-state index >= 15 is 0 Å². The van der Waals surface area contributed by atoms with Gasteiger partial charge in [-0.05, 0) is 42.8 Å². The summed E-state index contributed by atoms with van der Waals surface area (Å²) in [5, 5.41) is 12.2. The molecule has 2 aromatic carbocycles. The van der Waals surface area contributed by atoms with Crippen LogP contribution in [-0.4, -0.2) is 17.8 Å². The average Bonchev–Trinajstić information content (AvgIpc) is 2.95. The Balaban J connectivity index is 1.74. The molecule has 1 aliphatic heterocycles. The first-order chi connectivity index (χ1) is 10.1. The lowest BCUT2D eigenvalue weighted by Crippen LogP contribution is -2.11. The molecule has 0 spiro atoms. The lowest BCUT2D eigenvalue weighted by molar-refractivity contribution is 0.102. The number of carbonyl (C=O) groups excluding carboxylic acids is 1. The molecule has 21 heavy (non-hydrogen) atoms. The van der Waals surface area contributed by atoms with E-state index in [4.69, 9.17) is 9.47 Å². The van der Waals surface area contributed by atoms with E-state index in [0.717, 1.165) is 5.56 Å². The van der Waals surface area contributed by atoms with Gasteiger partial charge in [-0.1, -0.05) is 12.1 Å². The SMILES string of the molecule is CC(O)c1ccc(NC(=O)c2ccc3c(c2)OCO3)cc1. The monoisotopic (exact) mass is 285 g/mol. The highest BCUT2D eigenvalue weighted by molar-refractivity contribution is 6.04. The molecule has 2 aromatic rings. The van der Waals surface area contributed by atoms with Crippen molar-refractivity contribution in [1.82, 2.24) is 0 Å². The molecule has 1 amide bonds. The van der Waals surface area contributed by atoms with Gasteiger partial charge in [0, 0.05) is 11.3 Å². The lowest BCUT2D eigenvalue weighted by Gasteiger charge is -2.08. The third-order valence-electron chi connectivity index (χ3n) is 3.29. The fourth-order valence-corrected chi connectivity index (χ4v) is 2.09. The van der Waals surface area contributed by atoms with Gasteiger partial charge in [0.1, 0.15) is 0 Å². The molecule has 1 unspecified atom stereocenters. The summed E-state index contributed by atoms with van der Waals surface area (Å²) in [6.45, 7) is 1.88. The van der Waals surface area contributed by atoms with E-state index in [-0.39, 0.29) is 12.7 Å². The van der Waals surface area contributed by atoms with Crippen molar-refractivity contribution in [2.75, 3.05) is 12.1 Å². The maximum absolute atomic E-state index is 12.2. The van der Waals surface area contributed by atoms with Crippen LogP contribution < -0.4 is 14.8 Å². The topological polar surface area (TPSA) is 67.8 Å². The first-order valence-electron chi connectivity index (χ1n) is 6.62. The Morgan fingerprint density at radius 1 is 1.14 bits per heavy atom. The molecule has 1 aliphatic rings. The normalized spacial score (nSPS) is 13.8. The molecule has 5 heteroatoms. The van der Waals surface area contributed by atoms with Gasteiger partial charge in [0.25, 0.3) is 5.91 Å². The van der Waals surface area contributed by atoms with Crippen molar-refractivity contribution < 1.29 is 19.4 Å². The minimum atomic E-state index is -0.524. The Hall–Kier alpha value is -2.53. The standard InChI is InChI=1S/C16H15NO4/c1-10(18)11-2-5-13(6-3-11)17-16(19)12-4-7-14-15(8-12)21-9-20-14/h2-8,10,18H,9H2,1H3,(H,17,19). The minimum absolute atomic E-state index is 0.182. The molecule has 0 bridgehead atoms. The molecule has 0 fully saturated rings. The third-order valence-corrected chi connectivity index (χ3v) is 3.29. The van der Waals surface area contributed by atoms with Crippen molar-refractivity contribution in [3.05, 3.63) is 53.6 Å². The van der Waals surface area contributed by atoms with Gasteiger partial charge in [0.15, 0.2) is 11.5 Å². The lowest BCUT2D eigenvalue weighted by atomic mass is 10.1. The first kappa shape index (κ1) is 13.5. The smallest absolute Gasteiger partial charge is 0.255 e. The summed E-state index contributed by atoms with van der Waals surface area (Å²) in [5.41, 5.74) is 1.97. The van der Waals surface area contributed by atoms with Gasteiger partial charge in [-0.3, -0.25) is 4.79 Å². The van der Waals surface area contributed by atoms with Gasteiger partial charge in [-0.25, -0.2) is 0 Å². The number of rotatable bonds is 3. The van der Waals surface area contributed by atoms with Crippen LogP contribution in [0, 0.1) is 0 Å². The summed E-state index contributed by atoms with van der Waals surface area (Å²) < 4.78 is 10.5. The summed E-state index contributed by atoms with van der Waals surface area (Å²) in [6, 6.07) is 12.1. The van der Waals surface area contributed by atoms with Crippen molar-refractivity contribution in [1.29, 1.82) is 0 Å². The van der Waals surface area contributed by atoms with Crippen LogP contribution in [0.2, 0.25) is 0 Å². The van der Waals surface area contributed by atoms with Crippen LogP contribution in [0.4, 0.5) is 5.69 Å². The van der Waals surface area contributed by atoms with Crippen LogP contribution in [-0.2, 0) is 0 Å². The Morgan fingerprint density at radius 3 is 2.57 bits per heavy atom. The van der Waals surface area contributed by atoms with Gasteiger partial charge in [-0.2, -0.15) is 0 Å². The number of aliphatic hydroxyl groups is 1. The molecule has 0 radical (unpaired) electrons. The second kappa shape index (κ2) is 5.46. The summed E-state index contributed by atoms with van der Waals surface area (Å²) >= 11 is 0. The molecule has 2 N–H and O–H groups in total. The molecule has 0 saturated heterocycles. The Kier molecular flexibility index (Phi) is 3.50. The summed E-state index contributed by atoms with van der Waals surface area (Å²) in [6.07, 6.45) is -0.524. The minimum Gasteiger partial charge on any atom is -0.454 e. The molecular formula is C16H15NO4. The average molecular weight is 285 g/mol. The van der Waals surface area contributed by atoms with E-state index in [9.17, 15) is 9.90 Å². The van der Waals surface area contributed by atoms with Crippen molar-refractivity contribution in [3.8, 4) is 11.5 Å². The molecule has 3 rings (SSSR count). The van der Waals surface area contributed by atoms with Gasteiger partial charge in [-0.15, -0.1) is 0 Å². The van der Waals surface area contributed by atoms with E-state index < -0.39 is 6.10 Å². The number of ether oxygens (including phenoxy) is 2. The molecular weight excluding hydrogens is 270 g/mol. The molecule has 0 aliphatic carbocycles. The van der Waals surface area contributed by atoms with Crippen molar-refractivity contribution >= 4 is 11.6 Å². The number of carbonyl (C=O) groups is 1. The second-order valence-corrected chi connectivity index (χ2v) is 4.82. The van der Waals surface area contributed by atoms with Crippen molar-refractivity contribution in [2.45, 2.75) is 13.0 Å². The quantitative estimate of drug-likeness (QED) is 0.910. The largest absolute Gasteiger partial charge is 0.454 e. The van der Waals surface area contributed by atoms with Gasteiger partial charge in [0.2, 0.25) is 6.79 Å². The predicted molar refractivity (Wildman–Crippen MR) is 77.6 cm³/mol. The van der Waals surface area contributed by atoms with Crippen molar-refractivity contribution in [2.24, 2.45) is 0 Å². The van der Waals surface area contributed by atoms with E-state index in [0.29, 0.717) is 22.7 Å². The maximum Gasteiger partial charge on any atom is 0.255 e. The van der Waals surface area contributed by atoms with Crippen LogP contribution in [0.1, 0.15) is 28.9 Å². The number of amides is 1. The van der Waals surface area contributed by atoms with Crippen LogP contribution in [0.3, 0.4) is 0 Å². The number of nitrogens with one attached hydrogen (secondary N) is 1. The number of hydrogen-bond acceptors (Lipinski definition) is 4. The molecule has 0 aromatic heterocycles. The van der Waals surface area contributed by atoms with Crippen molar-refractivity contribution in [3.63, 3.8) is 0 Å². The fourth-order valence-electron chi connectivity index (χ4n) is 2.09. The molecule has 0 saturated carbocycles. The number of aliphatic hydroxyl groups excluding tert-OH is 1. The number of anilines is 1. The van der Waals surface area contributed by atoms with E-state index in [1.165, 1.54) is 0 Å². The summed E-state index contributed by atoms with van der Waals surface area (Å²) in [7, 11) is 0. The summed E-state index contributed by atoms with van der Waals surface area (Å²) in [5.74, 6) is 0.998.